The fourth-order valence-corrected chi connectivity index (χ4v) is 1.98. The number of anilines is 1. The number of aromatic amines is 1. The molecule has 0 unspecified atom stereocenters. The van der Waals surface area contributed by atoms with Gasteiger partial charge in [-0.05, 0) is 20.8 Å². The van der Waals surface area contributed by atoms with Crippen LogP contribution in [0.2, 0.25) is 0 Å². The summed E-state index contributed by atoms with van der Waals surface area (Å²) >= 11 is 0. The summed E-state index contributed by atoms with van der Waals surface area (Å²) < 4.78 is 32.3. The molecule has 0 amide bonds. The lowest BCUT2D eigenvalue weighted by molar-refractivity contribution is 0.314. The summed E-state index contributed by atoms with van der Waals surface area (Å²) in [4.78, 5) is 3.77. The SMILES string of the molecule is CCOc1n[nH]c(NS(=O)(=O)NC(C)C)n1. The minimum atomic E-state index is -3.62. The first-order chi connectivity index (χ1) is 7.43. The molecule has 16 heavy (non-hydrogen) atoms. The average molecular weight is 249 g/mol. The van der Waals surface area contributed by atoms with Crippen LogP contribution in [0.25, 0.3) is 0 Å². The van der Waals surface area contributed by atoms with Crippen LogP contribution in [0.1, 0.15) is 20.8 Å². The molecule has 1 rings (SSSR count). The zero-order valence-electron chi connectivity index (χ0n) is 9.31. The summed E-state index contributed by atoms with van der Waals surface area (Å²) in [6, 6.07) is -0.100. The zero-order chi connectivity index (χ0) is 12.2. The largest absolute Gasteiger partial charge is 0.463 e. The molecule has 1 aromatic rings. The van der Waals surface area contributed by atoms with Crippen molar-refractivity contribution in [3.63, 3.8) is 0 Å². The zero-order valence-corrected chi connectivity index (χ0v) is 10.1. The number of H-pyrrole nitrogens is 1. The maximum Gasteiger partial charge on any atom is 0.337 e. The van der Waals surface area contributed by atoms with E-state index in [-0.39, 0.29) is 18.0 Å². The normalized spacial score (nSPS) is 11.8. The van der Waals surface area contributed by atoms with Gasteiger partial charge in [0.05, 0.1) is 6.61 Å². The van der Waals surface area contributed by atoms with Crippen molar-refractivity contribution in [1.29, 1.82) is 0 Å². The minimum Gasteiger partial charge on any atom is -0.463 e. The number of rotatable bonds is 6. The van der Waals surface area contributed by atoms with Crippen molar-refractivity contribution >= 4 is 16.2 Å². The predicted molar refractivity (Wildman–Crippen MR) is 58.4 cm³/mol. The molecule has 0 aliphatic rings. The number of hydrogen-bond donors (Lipinski definition) is 3. The third-order valence-corrected chi connectivity index (χ3v) is 2.60. The van der Waals surface area contributed by atoms with Crippen LogP contribution in [0.5, 0.6) is 6.01 Å². The van der Waals surface area contributed by atoms with Gasteiger partial charge in [0.15, 0.2) is 0 Å². The molecule has 0 bridgehead atoms. The van der Waals surface area contributed by atoms with Gasteiger partial charge in [0, 0.05) is 6.04 Å². The lowest BCUT2D eigenvalue weighted by Gasteiger charge is -2.08. The van der Waals surface area contributed by atoms with Crippen molar-refractivity contribution in [2.24, 2.45) is 0 Å². The Labute approximate surface area is 94.0 Å². The molecule has 0 spiro atoms. The Morgan fingerprint density at radius 1 is 1.50 bits per heavy atom. The van der Waals surface area contributed by atoms with E-state index in [1.807, 2.05) is 0 Å². The molecule has 3 N–H and O–H groups in total. The van der Waals surface area contributed by atoms with Crippen molar-refractivity contribution in [1.82, 2.24) is 19.9 Å². The summed E-state index contributed by atoms with van der Waals surface area (Å²) in [7, 11) is -3.62. The fourth-order valence-electron chi connectivity index (χ4n) is 0.953. The molecular formula is C7H15N5O3S. The van der Waals surface area contributed by atoms with Crippen LogP contribution < -0.4 is 14.2 Å². The van der Waals surface area contributed by atoms with Gasteiger partial charge in [-0.3, -0.25) is 0 Å². The number of nitrogens with one attached hydrogen (secondary N) is 3. The average Bonchev–Trinajstić information content (AvgIpc) is 2.49. The van der Waals surface area contributed by atoms with E-state index in [2.05, 4.69) is 24.6 Å². The summed E-state index contributed by atoms with van der Waals surface area (Å²) in [6.07, 6.45) is 0. The Morgan fingerprint density at radius 2 is 2.19 bits per heavy atom. The van der Waals surface area contributed by atoms with Crippen LogP contribution >= 0.6 is 0 Å². The van der Waals surface area contributed by atoms with E-state index in [0.29, 0.717) is 6.61 Å². The smallest absolute Gasteiger partial charge is 0.337 e. The Morgan fingerprint density at radius 3 is 2.75 bits per heavy atom. The van der Waals surface area contributed by atoms with Gasteiger partial charge >= 0.3 is 16.2 Å². The van der Waals surface area contributed by atoms with Crippen LogP contribution in [-0.2, 0) is 10.2 Å². The minimum absolute atomic E-state index is 0.0107. The van der Waals surface area contributed by atoms with E-state index in [4.69, 9.17) is 4.74 Å². The van der Waals surface area contributed by atoms with Gasteiger partial charge in [-0.15, -0.1) is 5.10 Å². The van der Waals surface area contributed by atoms with Gasteiger partial charge < -0.3 is 4.74 Å². The molecule has 9 heteroatoms. The van der Waals surface area contributed by atoms with Crippen molar-refractivity contribution < 1.29 is 13.2 Å². The third kappa shape index (κ3) is 4.03. The topological polar surface area (TPSA) is 109 Å². The van der Waals surface area contributed by atoms with Crippen LogP contribution in [0.4, 0.5) is 5.95 Å². The first kappa shape index (κ1) is 12.7. The lowest BCUT2D eigenvalue weighted by atomic mass is 10.4. The molecular weight excluding hydrogens is 234 g/mol. The molecule has 1 aromatic heterocycles. The monoisotopic (exact) mass is 249 g/mol. The van der Waals surface area contributed by atoms with Crippen LogP contribution in [-0.4, -0.2) is 36.2 Å². The first-order valence-electron chi connectivity index (χ1n) is 4.78. The van der Waals surface area contributed by atoms with Crippen LogP contribution in [0.3, 0.4) is 0 Å². The van der Waals surface area contributed by atoms with E-state index in [0.717, 1.165) is 0 Å². The maximum atomic E-state index is 11.4. The Balaban J connectivity index is 2.65. The van der Waals surface area contributed by atoms with Gasteiger partial charge in [0.25, 0.3) is 0 Å². The van der Waals surface area contributed by atoms with Crippen molar-refractivity contribution in [2.45, 2.75) is 26.8 Å². The van der Waals surface area contributed by atoms with Crippen molar-refractivity contribution in [3.8, 4) is 6.01 Å². The Kier molecular flexibility index (Phi) is 4.07. The molecule has 0 aliphatic heterocycles. The molecule has 0 aliphatic carbocycles. The predicted octanol–water partition coefficient (Wildman–Crippen LogP) is -0.142. The first-order valence-corrected chi connectivity index (χ1v) is 6.26. The highest BCUT2D eigenvalue weighted by atomic mass is 32.2. The lowest BCUT2D eigenvalue weighted by Crippen LogP contribution is -2.35. The van der Waals surface area contributed by atoms with Gasteiger partial charge in [-0.1, -0.05) is 0 Å². The number of aromatic nitrogens is 3. The van der Waals surface area contributed by atoms with E-state index in [1.165, 1.54) is 0 Å². The van der Waals surface area contributed by atoms with E-state index >= 15 is 0 Å². The van der Waals surface area contributed by atoms with Crippen LogP contribution in [0, 0.1) is 0 Å². The van der Waals surface area contributed by atoms with Crippen molar-refractivity contribution in [2.75, 3.05) is 11.3 Å². The van der Waals surface area contributed by atoms with Gasteiger partial charge in [0.2, 0.25) is 5.95 Å². The van der Waals surface area contributed by atoms with Crippen LogP contribution in [0.15, 0.2) is 0 Å². The highest BCUT2D eigenvalue weighted by molar-refractivity contribution is 7.90. The molecule has 0 aromatic carbocycles. The highest BCUT2D eigenvalue weighted by Crippen LogP contribution is 2.06. The summed E-state index contributed by atoms with van der Waals surface area (Å²) in [5.41, 5.74) is 0. The quantitative estimate of drug-likeness (QED) is 0.650. The number of ether oxygens (including phenoxy) is 1. The number of nitrogens with zero attached hydrogens (tertiary/aromatic N) is 2. The van der Waals surface area contributed by atoms with Crippen molar-refractivity contribution in [3.05, 3.63) is 0 Å². The maximum absolute atomic E-state index is 11.4. The molecule has 92 valence electrons. The number of hydrogen-bond acceptors (Lipinski definition) is 5. The molecule has 1 heterocycles. The molecule has 0 saturated heterocycles. The standard InChI is InChI=1S/C7H15N5O3S/c1-4-15-7-8-6(9-10-7)12-16(13,14)11-5(2)3/h5,11H,4H2,1-3H3,(H2,8,9,10,12). The summed E-state index contributed by atoms with van der Waals surface area (Å²) in [6.45, 7) is 5.62. The summed E-state index contributed by atoms with van der Waals surface area (Å²) in [5, 5.41) is 6.06. The molecule has 0 atom stereocenters. The Bertz CT molecular complexity index is 427. The van der Waals surface area contributed by atoms with E-state index < -0.39 is 10.2 Å². The second kappa shape index (κ2) is 5.12. The molecule has 0 saturated carbocycles. The van der Waals surface area contributed by atoms with Gasteiger partial charge in [-0.2, -0.15) is 18.1 Å². The van der Waals surface area contributed by atoms with E-state index in [1.54, 1.807) is 20.8 Å². The fraction of sp³-hybridized carbons (Fsp3) is 0.714. The van der Waals surface area contributed by atoms with Gasteiger partial charge in [0.1, 0.15) is 0 Å². The molecule has 8 nitrogen and oxygen atoms in total. The second-order valence-corrected chi connectivity index (χ2v) is 4.72. The van der Waals surface area contributed by atoms with E-state index in [9.17, 15) is 8.42 Å². The summed E-state index contributed by atoms with van der Waals surface area (Å²) in [5.74, 6) is 0.0107. The Hall–Kier alpha value is -1.35. The third-order valence-electron chi connectivity index (χ3n) is 1.36. The highest BCUT2D eigenvalue weighted by Gasteiger charge is 2.14. The second-order valence-electron chi connectivity index (χ2n) is 3.28. The molecule has 0 fully saturated rings. The molecule has 0 radical (unpaired) electrons. The van der Waals surface area contributed by atoms with Gasteiger partial charge in [-0.25, -0.2) is 9.82 Å².